The molecule has 2 aromatic rings. The number of fused-ring (bicyclic) bond motifs is 6. The average molecular weight is 823 g/mol. The summed E-state index contributed by atoms with van der Waals surface area (Å²) < 4.78 is 177. The van der Waals surface area contributed by atoms with E-state index in [1.54, 1.807) is 0 Å². The molecule has 3 unspecified atom stereocenters. The van der Waals surface area contributed by atoms with E-state index in [-0.39, 0.29) is 66.2 Å². The lowest BCUT2D eigenvalue weighted by molar-refractivity contribution is -0.126. The smallest absolute Gasteiger partial charge is 0.301 e. The molecule has 0 radical (unpaired) electrons. The molecule has 0 amide bonds. The fraction of sp³-hybridized carbons (Fsp3) is 0.682. The van der Waals surface area contributed by atoms with Gasteiger partial charge in [0.05, 0.1) is 22.3 Å². The zero-order valence-corrected chi connectivity index (χ0v) is 32.2. The van der Waals surface area contributed by atoms with Gasteiger partial charge in [-0.1, -0.05) is 71.3 Å². The summed E-state index contributed by atoms with van der Waals surface area (Å²) in [5, 5.41) is 9.59. The molecule has 2 fully saturated rings. The first-order valence-corrected chi connectivity index (χ1v) is 20.7. The van der Waals surface area contributed by atoms with Crippen molar-refractivity contribution in [2.24, 2.45) is 35.5 Å². The van der Waals surface area contributed by atoms with Crippen LogP contribution in [0.1, 0.15) is 142 Å². The number of aliphatic hydroxyl groups is 1. The Labute approximate surface area is 325 Å². The van der Waals surface area contributed by atoms with Gasteiger partial charge in [0.2, 0.25) is 0 Å². The molecule has 0 aromatic heterocycles. The number of rotatable bonds is 6. The number of benzene rings is 2. The molecule has 2 saturated carbocycles. The van der Waals surface area contributed by atoms with E-state index in [9.17, 15) is 40.2 Å². The standard InChI is InChI=1S/C22H26F6O.C22H24F6/c1-2-3-11-4-6-12(7-5-11)15-10-14-13-8-9-16(29)22(27,28)17(13)19(23)20(24)18(14)21(15,25)26;1-2-4-12-6-8-13(9-7-12)16-11-15-14-5-3-10-21(25,26)17(14)19(23)20(24)18(15)22(16,27)28/h11-12,15-16,29H,2-10H2,1H3;3,10,12-13,16H,2,4-9,11H2,1H3. The number of halogens is 12. The van der Waals surface area contributed by atoms with Crippen molar-refractivity contribution in [1.29, 1.82) is 0 Å². The van der Waals surface area contributed by atoms with Crippen LogP contribution in [0.15, 0.2) is 12.2 Å². The predicted molar refractivity (Wildman–Crippen MR) is 191 cm³/mol. The fourth-order valence-corrected chi connectivity index (χ4v) is 11.5. The molecule has 1 N–H and O–H groups in total. The molecular weight excluding hydrogens is 772 g/mol. The number of aliphatic hydroxyl groups excluding tert-OH is 1. The van der Waals surface area contributed by atoms with Crippen LogP contribution in [0, 0.1) is 58.8 Å². The zero-order chi connectivity index (χ0) is 41.4. The summed E-state index contributed by atoms with van der Waals surface area (Å²) in [5.41, 5.74) is -4.92. The van der Waals surface area contributed by atoms with Gasteiger partial charge in [0, 0.05) is 11.8 Å². The van der Waals surface area contributed by atoms with Crippen molar-refractivity contribution in [2.75, 3.05) is 0 Å². The molecule has 316 valence electrons. The lowest BCUT2D eigenvalue weighted by atomic mass is 9.73. The van der Waals surface area contributed by atoms with Crippen molar-refractivity contribution in [3.05, 3.63) is 79.9 Å². The number of allylic oxidation sites excluding steroid dienone is 2. The minimum atomic E-state index is -3.99. The zero-order valence-electron chi connectivity index (χ0n) is 32.2. The maximum Gasteiger partial charge on any atom is 0.301 e. The highest BCUT2D eigenvalue weighted by atomic mass is 19.3. The summed E-state index contributed by atoms with van der Waals surface area (Å²) >= 11 is 0. The second-order valence-corrected chi connectivity index (χ2v) is 17.6. The molecule has 8 rings (SSSR count). The molecule has 0 bridgehead atoms. The highest BCUT2D eigenvalue weighted by Crippen LogP contribution is 2.59. The third kappa shape index (κ3) is 7.03. The first-order valence-electron chi connectivity index (χ1n) is 20.7. The van der Waals surface area contributed by atoms with E-state index in [4.69, 9.17) is 0 Å². The van der Waals surface area contributed by atoms with Crippen LogP contribution in [0.2, 0.25) is 0 Å². The van der Waals surface area contributed by atoms with Gasteiger partial charge >= 0.3 is 5.92 Å². The summed E-state index contributed by atoms with van der Waals surface area (Å²) in [6.45, 7) is 4.18. The molecule has 6 aliphatic carbocycles. The van der Waals surface area contributed by atoms with Gasteiger partial charge in [-0.3, -0.25) is 0 Å². The van der Waals surface area contributed by atoms with Crippen molar-refractivity contribution in [2.45, 2.75) is 153 Å². The topological polar surface area (TPSA) is 20.2 Å². The molecule has 0 spiro atoms. The van der Waals surface area contributed by atoms with E-state index in [0.717, 1.165) is 57.4 Å². The Morgan fingerprint density at radius 1 is 0.526 bits per heavy atom. The first-order chi connectivity index (χ1) is 26.8. The SMILES string of the molecule is CCCC1CCC(C2Cc3c4c(c(F)c(F)c3C2(F)F)C(F)(F)C(O)CC4)CC1.CCCC1CCC(C2Cc3c4c(c(F)c(F)c3C2(F)F)C(F)(F)C=CC4)CC1. The maximum absolute atomic E-state index is 15.3. The van der Waals surface area contributed by atoms with Crippen LogP contribution in [0.25, 0.3) is 0 Å². The third-order valence-electron chi connectivity index (χ3n) is 14.4. The average Bonchev–Trinajstić information content (AvgIpc) is 3.60. The van der Waals surface area contributed by atoms with E-state index in [1.165, 1.54) is 0 Å². The van der Waals surface area contributed by atoms with Crippen molar-refractivity contribution in [3.8, 4) is 0 Å². The Morgan fingerprint density at radius 3 is 1.37 bits per heavy atom. The molecule has 2 aromatic carbocycles. The predicted octanol–water partition coefficient (Wildman–Crippen LogP) is 13.3. The van der Waals surface area contributed by atoms with Crippen LogP contribution < -0.4 is 0 Å². The molecule has 13 heteroatoms. The van der Waals surface area contributed by atoms with Crippen molar-refractivity contribution < 1.29 is 57.8 Å². The Hall–Kier alpha value is -2.70. The van der Waals surface area contributed by atoms with Crippen LogP contribution >= 0.6 is 0 Å². The highest BCUT2D eigenvalue weighted by molar-refractivity contribution is 5.54. The fourth-order valence-electron chi connectivity index (χ4n) is 11.5. The van der Waals surface area contributed by atoms with E-state index >= 15 is 17.6 Å². The van der Waals surface area contributed by atoms with E-state index in [1.807, 2.05) is 0 Å². The minimum Gasteiger partial charge on any atom is -0.386 e. The summed E-state index contributed by atoms with van der Waals surface area (Å²) in [7, 11) is 0. The van der Waals surface area contributed by atoms with Gasteiger partial charge in [-0.25, -0.2) is 35.1 Å². The van der Waals surface area contributed by atoms with Gasteiger partial charge < -0.3 is 5.11 Å². The summed E-state index contributed by atoms with van der Waals surface area (Å²) in [6, 6.07) is 0. The van der Waals surface area contributed by atoms with Crippen molar-refractivity contribution >= 4 is 0 Å². The molecule has 1 nitrogen and oxygen atoms in total. The number of hydrogen-bond acceptors (Lipinski definition) is 1. The lowest BCUT2D eigenvalue weighted by Gasteiger charge is -2.34. The second-order valence-electron chi connectivity index (χ2n) is 17.6. The second kappa shape index (κ2) is 15.4. The Bertz CT molecular complexity index is 1870. The van der Waals surface area contributed by atoms with Crippen LogP contribution in [-0.2, 0) is 49.4 Å². The summed E-state index contributed by atoms with van der Waals surface area (Å²) in [5.74, 6) is -24.1. The Kier molecular flexibility index (Phi) is 11.5. The van der Waals surface area contributed by atoms with E-state index in [0.29, 0.717) is 43.6 Å². The third-order valence-corrected chi connectivity index (χ3v) is 14.4. The van der Waals surface area contributed by atoms with Crippen LogP contribution in [-0.4, -0.2) is 11.2 Å². The molecular formula is C44H50F12O. The molecule has 57 heavy (non-hydrogen) atoms. The molecule has 6 aliphatic rings. The van der Waals surface area contributed by atoms with Gasteiger partial charge in [0.25, 0.3) is 17.8 Å². The lowest BCUT2D eigenvalue weighted by Crippen LogP contribution is -2.38. The van der Waals surface area contributed by atoms with Gasteiger partial charge in [0.15, 0.2) is 23.3 Å². The molecule has 3 atom stereocenters. The minimum absolute atomic E-state index is 0.0729. The normalized spacial score (nSPS) is 31.5. The maximum atomic E-state index is 15.3. The van der Waals surface area contributed by atoms with Crippen LogP contribution in [0.5, 0.6) is 0 Å². The van der Waals surface area contributed by atoms with Crippen LogP contribution in [0.3, 0.4) is 0 Å². The Balaban J connectivity index is 0.000000174. The summed E-state index contributed by atoms with van der Waals surface area (Å²) in [6.07, 6.45) is 8.62. The van der Waals surface area contributed by atoms with Gasteiger partial charge in [0.1, 0.15) is 6.10 Å². The number of alkyl halides is 8. The monoisotopic (exact) mass is 822 g/mol. The highest BCUT2D eigenvalue weighted by Gasteiger charge is 2.59. The summed E-state index contributed by atoms with van der Waals surface area (Å²) in [4.78, 5) is 0. The van der Waals surface area contributed by atoms with Crippen LogP contribution in [0.4, 0.5) is 52.7 Å². The quantitative estimate of drug-likeness (QED) is 0.227. The first kappa shape index (κ1) is 42.4. The van der Waals surface area contributed by atoms with E-state index in [2.05, 4.69) is 13.8 Å². The number of hydrogen-bond donors (Lipinski definition) is 1. The van der Waals surface area contributed by atoms with E-state index < -0.39 is 87.2 Å². The Morgan fingerprint density at radius 2 is 0.930 bits per heavy atom. The largest absolute Gasteiger partial charge is 0.386 e. The molecule has 0 heterocycles. The van der Waals surface area contributed by atoms with Crippen molar-refractivity contribution in [1.82, 2.24) is 0 Å². The molecule has 0 saturated heterocycles. The molecule has 0 aliphatic heterocycles. The van der Waals surface area contributed by atoms with Crippen molar-refractivity contribution in [3.63, 3.8) is 0 Å². The van der Waals surface area contributed by atoms with Gasteiger partial charge in [-0.05, 0) is 110 Å². The van der Waals surface area contributed by atoms with Gasteiger partial charge in [-0.2, -0.15) is 17.6 Å². The van der Waals surface area contributed by atoms with Gasteiger partial charge in [-0.15, -0.1) is 0 Å².